The standard InChI is InChI=1S/C16H31N3O/c1-16(2,15(17)19-20)7-3-4-8-18-11-14-10-12-5-6-13(14)9-12/h12-14,18,20H,3-11H2,1-2H3,(H2,17,19). The third kappa shape index (κ3) is 3.87. The minimum atomic E-state index is -0.195. The van der Waals surface area contributed by atoms with Crippen LogP contribution in [0.5, 0.6) is 0 Å². The highest BCUT2D eigenvalue weighted by Crippen LogP contribution is 2.47. The largest absolute Gasteiger partial charge is 0.409 e. The number of unbranched alkanes of at least 4 members (excludes halogenated alkanes) is 1. The van der Waals surface area contributed by atoms with Crippen LogP contribution in [0.2, 0.25) is 0 Å². The molecule has 20 heavy (non-hydrogen) atoms. The van der Waals surface area contributed by atoms with E-state index in [1.165, 1.54) is 38.6 Å². The monoisotopic (exact) mass is 281 g/mol. The van der Waals surface area contributed by atoms with E-state index in [1.54, 1.807) is 0 Å². The van der Waals surface area contributed by atoms with Gasteiger partial charge in [0.05, 0.1) is 0 Å². The summed E-state index contributed by atoms with van der Waals surface area (Å²) in [4.78, 5) is 0. The van der Waals surface area contributed by atoms with Crippen molar-refractivity contribution >= 4 is 5.84 Å². The number of amidine groups is 1. The summed E-state index contributed by atoms with van der Waals surface area (Å²) in [6, 6.07) is 0. The highest BCUT2D eigenvalue weighted by molar-refractivity contribution is 5.85. The third-order valence-electron chi connectivity index (χ3n) is 5.50. The molecule has 4 N–H and O–H groups in total. The lowest BCUT2D eigenvalue weighted by Gasteiger charge is -2.23. The van der Waals surface area contributed by atoms with E-state index < -0.39 is 0 Å². The molecule has 2 aliphatic rings. The van der Waals surface area contributed by atoms with Crippen LogP contribution in [-0.2, 0) is 0 Å². The Balaban J connectivity index is 1.52. The molecule has 0 aromatic rings. The molecule has 0 aromatic heterocycles. The maximum Gasteiger partial charge on any atom is 0.144 e. The van der Waals surface area contributed by atoms with E-state index in [1.807, 2.05) is 13.8 Å². The van der Waals surface area contributed by atoms with Crippen molar-refractivity contribution < 1.29 is 5.21 Å². The number of hydrogen-bond acceptors (Lipinski definition) is 3. The van der Waals surface area contributed by atoms with Crippen molar-refractivity contribution in [2.45, 2.75) is 58.8 Å². The Labute approximate surface area is 123 Å². The van der Waals surface area contributed by atoms with Gasteiger partial charge in [-0.15, -0.1) is 0 Å². The summed E-state index contributed by atoms with van der Waals surface area (Å²) in [5.74, 6) is 3.36. The van der Waals surface area contributed by atoms with Crippen LogP contribution in [-0.4, -0.2) is 24.1 Å². The number of oxime groups is 1. The van der Waals surface area contributed by atoms with Gasteiger partial charge in [0.15, 0.2) is 0 Å². The fourth-order valence-electron chi connectivity index (χ4n) is 3.99. The zero-order valence-electron chi connectivity index (χ0n) is 13.1. The molecule has 2 fully saturated rings. The predicted octanol–water partition coefficient (Wildman–Crippen LogP) is 2.96. The molecule has 4 heteroatoms. The normalized spacial score (nSPS) is 30.1. The topological polar surface area (TPSA) is 70.6 Å². The molecule has 4 nitrogen and oxygen atoms in total. The molecule has 0 spiro atoms. The second kappa shape index (κ2) is 6.79. The van der Waals surface area contributed by atoms with Gasteiger partial charge < -0.3 is 16.3 Å². The maximum absolute atomic E-state index is 8.73. The van der Waals surface area contributed by atoms with E-state index in [9.17, 15) is 0 Å². The van der Waals surface area contributed by atoms with E-state index in [4.69, 9.17) is 10.9 Å². The second-order valence-electron chi connectivity index (χ2n) is 7.47. The zero-order chi connectivity index (χ0) is 14.6. The van der Waals surface area contributed by atoms with Crippen LogP contribution in [0, 0.1) is 23.2 Å². The van der Waals surface area contributed by atoms with Crippen molar-refractivity contribution in [3.8, 4) is 0 Å². The average Bonchev–Trinajstić information content (AvgIpc) is 3.04. The molecule has 0 heterocycles. The van der Waals surface area contributed by atoms with Crippen LogP contribution >= 0.6 is 0 Å². The van der Waals surface area contributed by atoms with Gasteiger partial charge in [0.1, 0.15) is 5.84 Å². The first kappa shape index (κ1) is 15.6. The van der Waals surface area contributed by atoms with Gasteiger partial charge in [-0.3, -0.25) is 0 Å². The molecule has 116 valence electrons. The summed E-state index contributed by atoms with van der Waals surface area (Å²) >= 11 is 0. The molecule has 0 saturated heterocycles. The average molecular weight is 281 g/mol. The van der Waals surface area contributed by atoms with Crippen LogP contribution < -0.4 is 11.1 Å². The molecule has 3 atom stereocenters. The van der Waals surface area contributed by atoms with E-state index in [2.05, 4.69) is 10.5 Å². The number of fused-ring (bicyclic) bond motifs is 2. The number of nitrogens with two attached hydrogens (primary N) is 1. The van der Waals surface area contributed by atoms with Crippen molar-refractivity contribution in [3.05, 3.63) is 0 Å². The van der Waals surface area contributed by atoms with Gasteiger partial charge in [0.2, 0.25) is 0 Å². The van der Waals surface area contributed by atoms with Gasteiger partial charge in [-0.2, -0.15) is 0 Å². The van der Waals surface area contributed by atoms with Gasteiger partial charge in [-0.05, 0) is 62.9 Å². The van der Waals surface area contributed by atoms with E-state index in [-0.39, 0.29) is 5.41 Å². The summed E-state index contributed by atoms with van der Waals surface area (Å²) < 4.78 is 0. The van der Waals surface area contributed by atoms with Gasteiger partial charge in [-0.25, -0.2) is 0 Å². The molecule has 2 rings (SSSR count). The summed E-state index contributed by atoms with van der Waals surface area (Å²) in [6.07, 6.45) is 9.19. The maximum atomic E-state index is 8.73. The highest BCUT2D eigenvalue weighted by atomic mass is 16.4. The molecule has 2 bridgehead atoms. The molecule has 0 amide bonds. The number of nitrogens with zero attached hydrogens (tertiary/aromatic N) is 1. The molecule has 3 unspecified atom stereocenters. The van der Waals surface area contributed by atoms with Crippen molar-refractivity contribution in [1.82, 2.24) is 5.32 Å². The first-order valence-corrected chi connectivity index (χ1v) is 8.21. The van der Waals surface area contributed by atoms with Crippen molar-refractivity contribution in [1.29, 1.82) is 0 Å². The van der Waals surface area contributed by atoms with Crippen LogP contribution in [0.4, 0.5) is 0 Å². The summed E-state index contributed by atoms with van der Waals surface area (Å²) in [7, 11) is 0. The van der Waals surface area contributed by atoms with Crippen LogP contribution in [0.25, 0.3) is 0 Å². The van der Waals surface area contributed by atoms with Crippen LogP contribution in [0.1, 0.15) is 58.8 Å². The Morgan fingerprint density at radius 3 is 2.70 bits per heavy atom. The molecule has 0 aliphatic heterocycles. The van der Waals surface area contributed by atoms with Gasteiger partial charge in [0, 0.05) is 5.41 Å². The fourth-order valence-corrected chi connectivity index (χ4v) is 3.99. The molecular formula is C16H31N3O. The predicted molar refractivity (Wildman–Crippen MR) is 82.8 cm³/mol. The van der Waals surface area contributed by atoms with Crippen LogP contribution in [0.3, 0.4) is 0 Å². The van der Waals surface area contributed by atoms with Crippen LogP contribution in [0.15, 0.2) is 5.16 Å². The minimum absolute atomic E-state index is 0.195. The van der Waals surface area contributed by atoms with E-state index in [0.29, 0.717) is 5.84 Å². The number of hydrogen-bond donors (Lipinski definition) is 3. The van der Waals surface area contributed by atoms with E-state index in [0.717, 1.165) is 37.1 Å². The zero-order valence-corrected chi connectivity index (χ0v) is 13.1. The Bertz CT molecular complexity index is 341. The minimum Gasteiger partial charge on any atom is -0.409 e. The number of nitrogens with one attached hydrogen (secondary N) is 1. The highest BCUT2D eigenvalue weighted by Gasteiger charge is 2.38. The van der Waals surface area contributed by atoms with Crippen molar-refractivity contribution in [2.75, 3.05) is 13.1 Å². The smallest absolute Gasteiger partial charge is 0.144 e. The second-order valence-corrected chi connectivity index (χ2v) is 7.47. The first-order valence-electron chi connectivity index (χ1n) is 8.21. The Kier molecular flexibility index (Phi) is 5.30. The number of rotatable bonds is 8. The lowest BCUT2D eigenvalue weighted by molar-refractivity contribution is 0.303. The quantitative estimate of drug-likeness (QED) is 0.211. The Morgan fingerprint density at radius 1 is 1.30 bits per heavy atom. The van der Waals surface area contributed by atoms with Crippen molar-refractivity contribution in [2.24, 2.45) is 34.1 Å². The lowest BCUT2D eigenvalue weighted by atomic mass is 9.86. The van der Waals surface area contributed by atoms with Gasteiger partial charge >= 0.3 is 0 Å². The summed E-state index contributed by atoms with van der Waals surface area (Å²) in [5.41, 5.74) is 5.50. The van der Waals surface area contributed by atoms with Gasteiger partial charge in [0.25, 0.3) is 0 Å². The molecular weight excluding hydrogens is 250 g/mol. The van der Waals surface area contributed by atoms with Crippen molar-refractivity contribution in [3.63, 3.8) is 0 Å². The lowest BCUT2D eigenvalue weighted by Crippen LogP contribution is -2.32. The molecule has 0 aromatic carbocycles. The van der Waals surface area contributed by atoms with Gasteiger partial charge in [-0.1, -0.05) is 31.8 Å². The first-order chi connectivity index (χ1) is 9.53. The summed E-state index contributed by atoms with van der Waals surface area (Å²) in [6.45, 7) is 6.38. The fraction of sp³-hybridized carbons (Fsp3) is 0.938. The SMILES string of the molecule is CC(C)(CCCCNCC1CC2CCC1C2)C(N)=NO. The molecule has 2 saturated carbocycles. The third-order valence-corrected chi connectivity index (χ3v) is 5.50. The Hall–Kier alpha value is -0.770. The summed E-state index contributed by atoms with van der Waals surface area (Å²) in [5, 5.41) is 15.5. The van der Waals surface area contributed by atoms with E-state index >= 15 is 0 Å². The molecule has 2 aliphatic carbocycles. The molecule has 0 radical (unpaired) electrons. The Morgan fingerprint density at radius 2 is 2.10 bits per heavy atom.